The number of rotatable bonds is 4. The maximum absolute atomic E-state index is 6.08. The van der Waals surface area contributed by atoms with E-state index in [4.69, 9.17) is 32.7 Å². The molecule has 0 saturated carbocycles. The highest BCUT2D eigenvalue weighted by atomic mass is 35.5. The molecule has 1 saturated heterocycles. The number of hydrogen-bond acceptors (Lipinski definition) is 3. The van der Waals surface area contributed by atoms with Gasteiger partial charge in [-0.05, 0) is 24.6 Å². The fraction of sp³-hybridized carbons (Fsp3) is 0.500. The Hall–Kier alpha value is 0.0700. The van der Waals surface area contributed by atoms with Crippen molar-refractivity contribution >= 4 is 35.0 Å². The molecule has 0 aromatic heterocycles. The van der Waals surface area contributed by atoms with Crippen molar-refractivity contribution in [2.24, 2.45) is 0 Å². The van der Waals surface area contributed by atoms with Crippen molar-refractivity contribution in [3.63, 3.8) is 0 Å². The van der Waals surface area contributed by atoms with Crippen LogP contribution >= 0.6 is 35.0 Å². The molecule has 1 aliphatic rings. The van der Waals surface area contributed by atoms with Crippen LogP contribution < -0.4 is 0 Å². The maximum Gasteiger partial charge on any atom is 0.158 e. The highest BCUT2D eigenvalue weighted by molar-refractivity contribution is 7.99. The fourth-order valence-electron chi connectivity index (χ4n) is 1.56. The molecule has 0 spiro atoms. The number of halogens is 2. The summed E-state index contributed by atoms with van der Waals surface area (Å²) in [5, 5.41) is 1.45. The van der Waals surface area contributed by atoms with Crippen LogP contribution in [0.25, 0.3) is 0 Å². The standard InChI is InChI=1S/C12H14Cl2O2S/c13-9-2-3-10(14)11(8-9)17-7-4-12-15-5-1-6-16-12/h2-3,8,12H,1,4-7H2. The predicted octanol–water partition coefficient (Wildman–Crippen LogP) is 4.24. The second-order valence-corrected chi connectivity index (χ2v) is 5.72. The number of benzene rings is 1. The lowest BCUT2D eigenvalue weighted by Gasteiger charge is -2.22. The molecule has 94 valence electrons. The van der Waals surface area contributed by atoms with Gasteiger partial charge in [0.15, 0.2) is 6.29 Å². The van der Waals surface area contributed by atoms with Gasteiger partial charge in [0.1, 0.15) is 0 Å². The number of thioether (sulfide) groups is 1. The lowest BCUT2D eigenvalue weighted by molar-refractivity contribution is -0.178. The van der Waals surface area contributed by atoms with Gasteiger partial charge in [0.25, 0.3) is 0 Å². The van der Waals surface area contributed by atoms with E-state index in [1.807, 2.05) is 12.1 Å². The van der Waals surface area contributed by atoms with Crippen molar-refractivity contribution in [3.05, 3.63) is 28.2 Å². The lowest BCUT2D eigenvalue weighted by atomic mass is 10.4. The van der Waals surface area contributed by atoms with Crippen LogP contribution in [0.2, 0.25) is 10.0 Å². The van der Waals surface area contributed by atoms with E-state index in [1.165, 1.54) is 0 Å². The zero-order valence-electron chi connectivity index (χ0n) is 9.33. The summed E-state index contributed by atoms with van der Waals surface area (Å²) in [6.07, 6.45) is 1.80. The summed E-state index contributed by atoms with van der Waals surface area (Å²) in [7, 11) is 0. The van der Waals surface area contributed by atoms with Gasteiger partial charge >= 0.3 is 0 Å². The molecular formula is C12H14Cl2O2S. The summed E-state index contributed by atoms with van der Waals surface area (Å²) in [5.74, 6) is 0.907. The summed E-state index contributed by atoms with van der Waals surface area (Å²) in [6.45, 7) is 1.60. The van der Waals surface area contributed by atoms with Crippen LogP contribution in [0.4, 0.5) is 0 Å². The molecule has 0 radical (unpaired) electrons. The first kappa shape index (κ1) is 13.5. The summed E-state index contributed by atoms with van der Waals surface area (Å²) < 4.78 is 11.0. The summed E-state index contributed by atoms with van der Waals surface area (Å²) in [6, 6.07) is 5.50. The van der Waals surface area contributed by atoms with Crippen LogP contribution in [0.3, 0.4) is 0 Å². The Morgan fingerprint density at radius 3 is 2.76 bits per heavy atom. The van der Waals surface area contributed by atoms with E-state index in [2.05, 4.69) is 0 Å². The minimum absolute atomic E-state index is 0.0609. The van der Waals surface area contributed by atoms with E-state index in [-0.39, 0.29) is 6.29 Å². The van der Waals surface area contributed by atoms with Crippen LogP contribution in [0, 0.1) is 0 Å². The molecule has 1 aliphatic heterocycles. The molecule has 2 rings (SSSR count). The third kappa shape index (κ3) is 4.34. The minimum Gasteiger partial charge on any atom is -0.353 e. The molecule has 0 unspecified atom stereocenters. The van der Waals surface area contributed by atoms with Crippen LogP contribution in [0.1, 0.15) is 12.8 Å². The molecule has 0 atom stereocenters. The fourth-order valence-corrected chi connectivity index (χ4v) is 3.02. The van der Waals surface area contributed by atoms with Gasteiger partial charge in [-0.3, -0.25) is 0 Å². The van der Waals surface area contributed by atoms with E-state index in [1.54, 1.807) is 17.8 Å². The zero-order chi connectivity index (χ0) is 12.1. The largest absolute Gasteiger partial charge is 0.353 e. The SMILES string of the molecule is Clc1ccc(Cl)c(SCCC2OCCCO2)c1. The summed E-state index contributed by atoms with van der Waals surface area (Å²) in [5.41, 5.74) is 0. The Morgan fingerprint density at radius 2 is 2.00 bits per heavy atom. The average molecular weight is 293 g/mol. The van der Waals surface area contributed by atoms with Crippen molar-refractivity contribution in [1.82, 2.24) is 0 Å². The second kappa shape index (κ2) is 6.86. The van der Waals surface area contributed by atoms with Crippen molar-refractivity contribution in [1.29, 1.82) is 0 Å². The Kier molecular flexibility index (Phi) is 5.45. The monoisotopic (exact) mass is 292 g/mol. The van der Waals surface area contributed by atoms with Gasteiger partial charge in [-0.1, -0.05) is 23.2 Å². The van der Waals surface area contributed by atoms with Crippen molar-refractivity contribution in [3.8, 4) is 0 Å². The van der Waals surface area contributed by atoms with E-state index in [0.717, 1.165) is 41.7 Å². The van der Waals surface area contributed by atoms with E-state index >= 15 is 0 Å². The topological polar surface area (TPSA) is 18.5 Å². The molecule has 5 heteroatoms. The van der Waals surface area contributed by atoms with Gasteiger partial charge in [0.2, 0.25) is 0 Å². The zero-order valence-corrected chi connectivity index (χ0v) is 11.7. The molecule has 17 heavy (non-hydrogen) atoms. The second-order valence-electron chi connectivity index (χ2n) is 3.74. The minimum atomic E-state index is -0.0609. The first-order valence-corrected chi connectivity index (χ1v) is 7.31. The van der Waals surface area contributed by atoms with Crippen LogP contribution in [0.5, 0.6) is 0 Å². The molecule has 1 heterocycles. The first-order chi connectivity index (χ1) is 8.25. The van der Waals surface area contributed by atoms with Crippen molar-refractivity contribution < 1.29 is 9.47 Å². The third-order valence-corrected chi connectivity index (χ3v) is 4.17. The van der Waals surface area contributed by atoms with Crippen LogP contribution in [-0.2, 0) is 9.47 Å². The highest BCUT2D eigenvalue weighted by Crippen LogP contribution is 2.30. The molecule has 0 amide bonds. The van der Waals surface area contributed by atoms with E-state index in [0.29, 0.717) is 5.02 Å². The molecule has 1 fully saturated rings. The molecule has 0 N–H and O–H groups in total. The summed E-state index contributed by atoms with van der Waals surface area (Å²) in [4.78, 5) is 1.01. The molecule has 2 nitrogen and oxygen atoms in total. The molecule has 0 bridgehead atoms. The smallest absolute Gasteiger partial charge is 0.158 e. The predicted molar refractivity (Wildman–Crippen MR) is 72.1 cm³/mol. The van der Waals surface area contributed by atoms with E-state index in [9.17, 15) is 0 Å². The van der Waals surface area contributed by atoms with Gasteiger partial charge in [-0.25, -0.2) is 0 Å². The van der Waals surface area contributed by atoms with Crippen LogP contribution in [-0.4, -0.2) is 25.3 Å². The third-order valence-electron chi connectivity index (χ3n) is 2.40. The van der Waals surface area contributed by atoms with Crippen LogP contribution in [0.15, 0.2) is 23.1 Å². The van der Waals surface area contributed by atoms with Crippen molar-refractivity contribution in [2.75, 3.05) is 19.0 Å². The normalized spacial score (nSPS) is 17.3. The Labute approximate surface area is 116 Å². The van der Waals surface area contributed by atoms with E-state index < -0.39 is 0 Å². The van der Waals surface area contributed by atoms with Crippen molar-refractivity contribution in [2.45, 2.75) is 24.0 Å². The molecule has 0 aliphatic carbocycles. The maximum atomic E-state index is 6.08. The average Bonchev–Trinajstić information content (AvgIpc) is 2.35. The quantitative estimate of drug-likeness (QED) is 0.774. The number of hydrogen-bond donors (Lipinski definition) is 0. The highest BCUT2D eigenvalue weighted by Gasteiger charge is 2.14. The van der Waals surface area contributed by atoms with Gasteiger partial charge < -0.3 is 9.47 Å². The Balaban J connectivity index is 1.79. The van der Waals surface area contributed by atoms with Gasteiger partial charge in [0.05, 0.1) is 18.2 Å². The Bertz CT molecular complexity index is 368. The molecule has 1 aromatic rings. The molecule has 1 aromatic carbocycles. The van der Waals surface area contributed by atoms with Gasteiger partial charge in [0, 0.05) is 22.1 Å². The first-order valence-electron chi connectivity index (χ1n) is 5.57. The summed E-state index contributed by atoms with van der Waals surface area (Å²) >= 11 is 13.7. The lowest BCUT2D eigenvalue weighted by Crippen LogP contribution is -2.25. The number of ether oxygens (including phenoxy) is 2. The Morgan fingerprint density at radius 1 is 1.24 bits per heavy atom. The molecular weight excluding hydrogens is 279 g/mol. The van der Waals surface area contributed by atoms with Gasteiger partial charge in [-0.15, -0.1) is 11.8 Å². The van der Waals surface area contributed by atoms with Gasteiger partial charge in [-0.2, -0.15) is 0 Å².